The topological polar surface area (TPSA) is 66.4 Å². The van der Waals surface area contributed by atoms with Gasteiger partial charge in [0.2, 0.25) is 5.91 Å². The third-order valence-electron chi connectivity index (χ3n) is 2.98. The van der Waals surface area contributed by atoms with Crippen LogP contribution in [-0.2, 0) is 9.59 Å². The molecule has 0 saturated heterocycles. The molecule has 4 nitrogen and oxygen atoms in total. The predicted molar refractivity (Wildman–Crippen MR) is 69.1 cm³/mol. The van der Waals surface area contributed by atoms with Gasteiger partial charge < -0.3 is 10.4 Å². The second-order valence-corrected chi connectivity index (χ2v) is 5.11. The van der Waals surface area contributed by atoms with E-state index in [1.807, 2.05) is 0 Å². The van der Waals surface area contributed by atoms with Gasteiger partial charge >= 0.3 is 5.97 Å². The first-order valence-electron chi connectivity index (χ1n) is 5.40. The van der Waals surface area contributed by atoms with Gasteiger partial charge in [-0.3, -0.25) is 9.59 Å². The summed E-state index contributed by atoms with van der Waals surface area (Å²) in [7, 11) is 0. The third-order valence-corrected chi connectivity index (χ3v) is 3.78. The van der Waals surface area contributed by atoms with E-state index in [0.717, 1.165) is 5.56 Å². The Kier molecular flexibility index (Phi) is 3.50. The average molecular weight is 288 g/mol. The number of carboxylic acid groups (broad SMARTS) is 1. The molecule has 2 rings (SSSR count). The highest BCUT2D eigenvalue weighted by Crippen LogP contribution is 2.41. The average Bonchev–Trinajstić information content (AvgIpc) is 3.09. The Morgan fingerprint density at radius 3 is 2.56 bits per heavy atom. The molecule has 1 fully saturated rings. The van der Waals surface area contributed by atoms with Crippen LogP contribution in [0.2, 0.25) is 10.0 Å². The number of amides is 1. The van der Waals surface area contributed by atoms with Crippen LogP contribution in [0.5, 0.6) is 0 Å². The summed E-state index contributed by atoms with van der Waals surface area (Å²) in [6.45, 7) is 1.80. The summed E-state index contributed by atoms with van der Waals surface area (Å²) in [5.74, 6) is -2.38. The van der Waals surface area contributed by atoms with Gasteiger partial charge in [-0.25, -0.2) is 0 Å². The fourth-order valence-corrected chi connectivity index (χ4v) is 2.21. The van der Waals surface area contributed by atoms with Crippen LogP contribution in [0.4, 0.5) is 5.69 Å². The van der Waals surface area contributed by atoms with Crippen molar-refractivity contribution in [3.63, 3.8) is 0 Å². The maximum atomic E-state index is 11.8. The minimum atomic E-state index is -0.948. The molecule has 0 spiro atoms. The summed E-state index contributed by atoms with van der Waals surface area (Å²) in [6, 6.07) is 3.39. The van der Waals surface area contributed by atoms with Gasteiger partial charge in [0.1, 0.15) is 0 Å². The predicted octanol–water partition coefficient (Wildman–Crippen LogP) is 2.96. The first-order chi connectivity index (χ1) is 8.41. The van der Waals surface area contributed by atoms with Crippen LogP contribution in [0.1, 0.15) is 12.0 Å². The van der Waals surface area contributed by atoms with Gasteiger partial charge in [0, 0.05) is 0 Å². The zero-order chi connectivity index (χ0) is 13.4. The molecule has 96 valence electrons. The van der Waals surface area contributed by atoms with Crippen molar-refractivity contribution in [3.8, 4) is 0 Å². The molecule has 1 aromatic rings. The lowest BCUT2D eigenvalue weighted by atomic mass is 10.2. The Bertz CT molecular complexity index is 530. The molecule has 0 bridgehead atoms. The third kappa shape index (κ3) is 2.44. The minimum absolute atomic E-state index is 0.339. The summed E-state index contributed by atoms with van der Waals surface area (Å²) in [4.78, 5) is 22.5. The molecular weight excluding hydrogens is 277 g/mol. The molecule has 1 aliphatic rings. The quantitative estimate of drug-likeness (QED) is 0.898. The van der Waals surface area contributed by atoms with E-state index < -0.39 is 17.8 Å². The molecule has 0 aromatic heterocycles. The first kappa shape index (κ1) is 13.2. The fourth-order valence-electron chi connectivity index (χ4n) is 1.74. The highest BCUT2D eigenvalue weighted by atomic mass is 35.5. The molecular formula is C12H11Cl2NO3. The maximum Gasteiger partial charge on any atom is 0.307 e. The summed E-state index contributed by atoms with van der Waals surface area (Å²) in [5.41, 5.74) is 1.14. The van der Waals surface area contributed by atoms with E-state index in [2.05, 4.69) is 5.32 Å². The molecule has 0 radical (unpaired) electrons. The van der Waals surface area contributed by atoms with Crippen molar-refractivity contribution in [1.82, 2.24) is 0 Å². The molecule has 1 aromatic carbocycles. The second kappa shape index (κ2) is 4.78. The summed E-state index contributed by atoms with van der Waals surface area (Å²) >= 11 is 12.0. The molecule has 2 N–H and O–H groups in total. The highest BCUT2D eigenvalue weighted by molar-refractivity contribution is 6.40. The van der Waals surface area contributed by atoms with Crippen molar-refractivity contribution >= 4 is 40.8 Å². The lowest BCUT2D eigenvalue weighted by Crippen LogP contribution is -2.17. The number of carboxylic acids is 1. The van der Waals surface area contributed by atoms with Crippen LogP contribution in [0.25, 0.3) is 0 Å². The van der Waals surface area contributed by atoms with Crippen molar-refractivity contribution in [2.75, 3.05) is 5.32 Å². The zero-order valence-electron chi connectivity index (χ0n) is 9.54. The van der Waals surface area contributed by atoms with Crippen molar-refractivity contribution < 1.29 is 14.7 Å². The van der Waals surface area contributed by atoms with Gasteiger partial charge in [-0.1, -0.05) is 29.3 Å². The number of hydrogen-bond acceptors (Lipinski definition) is 2. The van der Waals surface area contributed by atoms with Crippen LogP contribution >= 0.6 is 23.2 Å². The van der Waals surface area contributed by atoms with Gasteiger partial charge in [0.05, 0.1) is 27.6 Å². The number of nitrogens with one attached hydrogen (secondary N) is 1. The fraction of sp³-hybridized carbons (Fsp3) is 0.333. The lowest BCUT2D eigenvalue weighted by Gasteiger charge is -2.10. The number of hydrogen-bond donors (Lipinski definition) is 2. The Labute approximate surface area is 114 Å². The monoisotopic (exact) mass is 287 g/mol. The smallest absolute Gasteiger partial charge is 0.307 e. The number of rotatable bonds is 3. The van der Waals surface area contributed by atoms with E-state index in [1.165, 1.54) is 0 Å². The second-order valence-electron chi connectivity index (χ2n) is 4.33. The van der Waals surface area contributed by atoms with E-state index in [9.17, 15) is 9.59 Å². The molecule has 2 atom stereocenters. The normalized spacial score (nSPS) is 21.5. The van der Waals surface area contributed by atoms with Crippen LogP contribution in [0, 0.1) is 18.8 Å². The number of aryl methyl sites for hydroxylation is 1. The highest BCUT2D eigenvalue weighted by Gasteiger charge is 2.48. The van der Waals surface area contributed by atoms with Crippen molar-refractivity contribution in [2.24, 2.45) is 11.8 Å². The Balaban J connectivity index is 2.14. The van der Waals surface area contributed by atoms with Gasteiger partial charge in [-0.15, -0.1) is 0 Å². The van der Waals surface area contributed by atoms with Gasteiger partial charge in [-0.2, -0.15) is 0 Å². The molecule has 1 amide bonds. The summed E-state index contributed by atoms with van der Waals surface area (Å²) < 4.78 is 0. The van der Waals surface area contributed by atoms with Crippen LogP contribution in [-0.4, -0.2) is 17.0 Å². The number of aliphatic carboxylic acids is 1. The lowest BCUT2D eigenvalue weighted by molar-refractivity contribution is -0.139. The number of benzene rings is 1. The van der Waals surface area contributed by atoms with Crippen molar-refractivity contribution in [2.45, 2.75) is 13.3 Å². The molecule has 1 aliphatic carbocycles. The van der Waals surface area contributed by atoms with Crippen molar-refractivity contribution in [3.05, 3.63) is 27.7 Å². The zero-order valence-corrected chi connectivity index (χ0v) is 11.0. The van der Waals surface area contributed by atoms with E-state index in [1.54, 1.807) is 19.1 Å². The Morgan fingerprint density at radius 2 is 2.00 bits per heavy atom. The number of carbonyl (C=O) groups is 2. The van der Waals surface area contributed by atoms with Gasteiger partial charge in [-0.05, 0) is 25.0 Å². The largest absolute Gasteiger partial charge is 0.481 e. The summed E-state index contributed by atoms with van der Waals surface area (Å²) in [5, 5.41) is 12.1. The molecule has 1 saturated carbocycles. The van der Waals surface area contributed by atoms with Gasteiger partial charge in [0.25, 0.3) is 0 Å². The molecule has 0 unspecified atom stereocenters. The molecule has 0 aliphatic heterocycles. The number of halogens is 2. The number of anilines is 1. The Morgan fingerprint density at radius 1 is 1.33 bits per heavy atom. The van der Waals surface area contributed by atoms with Crippen LogP contribution in [0.3, 0.4) is 0 Å². The first-order valence-corrected chi connectivity index (χ1v) is 6.15. The van der Waals surface area contributed by atoms with Crippen molar-refractivity contribution in [1.29, 1.82) is 0 Å². The van der Waals surface area contributed by atoms with E-state index >= 15 is 0 Å². The molecule has 6 heteroatoms. The molecule has 0 heterocycles. The minimum Gasteiger partial charge on any atom is -0.481 e. The van der Waals surface area contributed by atoms with Crippen LogP contribution in [0.15, 0.2) is 12.1 Å². The SMILES string of the molecule is Cc1ccc(Cl)c(NC(=O)[C@@H]2C[C@@H]2C(=O)O)c1Cl. The Hall–Kier alpha value is -1.26. The van der Waals surface area contributed by atoms with Gasteiger partial charge in [0.15, 0.2) is 0 Å². The maximum absolute atomic E-state index is 11.8. The number of carbonyl (C=O) groups excluding carboxylic acids is 1. The molecule has 18 heavy (non-hydrogen) atoms. The standard InChI is InChI=1S/C12H11Cl2NO3/c1-5-2-3-8(13)10(9(5)14)15-11(16)6-4-7(6)12(17)18/h2-3,6-7H,4H2,1H3,(H,15,16)(H,17,18)/t6-,7+/m1/s1. The van der Waals surface area contributed by atoms with E-state index in [-0.39, 0.29) is 5.91 Å². The van der Waals surface area contributed by atoms with Crippen LogP contribution < -0.4 is 5.32 Å². The van der Waals surface area contributed by atoms with E-state index in [4.69, 9.17) is 28.3 Å². The summed E-state index contributed by atoms with van der Waals surface area (Å²) in [6.07, 6.45) is 0.363. The van der Waals surface area contributed by atoms with E-state index in [0.29, 0.717) is 22.2 Å².